The molecular weight excluding hydrogens is 230 g/mol. The van der Waals surface area contributed by atoms with Crippen molar-refractivity contribution in [3.05, 3.63) is 17.7 Å². The Hall–Kier alpha value is -1.42. The molecule has 0 atom stereocenters. The summed E-state index contributed by atoms with van der Waals surface area (Å²) in [5.41, 5.74) is 6.64. The van der Waals surface area contributed by atoms with E-state index in [1.54, 1.807) is 14.2 Å². The van der Waals surface area contributed by atoms with Crippen LogP contribution in [0.1, 0.15) is 25.3 Å². The first-order valence-corrected chi connectivity index (χ1v) is 6.34. The number of methoxy groups -OCH3 is 2. The van der Waals surface area contributed by atoms with Crippen LogP contribution in [0.5, 0.6) is 17.2 Å². The summed E-state index contributed by atoms with van der Waals surface area (Å²) in [5, 5.41) is 0. The molecule has 4 nitrogen and oxygen atoms in total. The highest BCUT2D eigenvalue weighted by Crippen LogP contribution is 2.35. The van der Waals surface area contributed by atoms with Crippen molar-refractivity contribution in [2.24, 2.45) is 5.73 Å². The topological polar surface area (TPSA) is 53.7 Å². The molecule has 0 unspecified atom stereocenters. The highest BCUT2D eigenvalue weighted by atomic mass is 16.5. The quantitative estimate of drug-likeness (QED) is 0.773. The lowest BCUT2D eigenvalue weighted by Gasteiger charge is -2.15. The van der Waals surface area contributed by atoms with Gasteiger partial charge >= 0.3 is 0 Å². The third kappa shape index (κ3) is 3.81. The summed E-state index contributed by atoms with van der Waals surface area (Å²) < 4.78 is 16.4. The molecule has 102 valence electrons. The van der Waals surface area contributed by atoms with Crippen molar-refractivity contribution >= 4 is 0 Å². The van der Waals surface area contributed by atoms with Crippen molar-refractivity contribution in [2.45, 2.75) is 26.2 Å². The maximum atomic E-state index is 5.65. The van der Waals surface area contributed by atoms with Gasteiger partial charge in [0.1, 0.15) is 5.75 Å². The number of rotatable bonds is 8. The minimum atomic E-state index is 0.666. The summed E-state index contributed by atoms with van der Waals surface area (Å²) in [6, 6.07) is 3.86. The monoisotopic (exact) mass is 253 g/mol. The van der Waals surface area contributed by atoms with Gasteiger partial charge in [-0.1, -0.05) is 6.92 Å². The Morgan fingerprint density at radius 1 is 1.06 bits per heavy atom. The Balaban J connectivity index is 2.98. The fourth-order valence-corrected chi connectivity index (χ4v) is 1.75. The third-order valence-electron chi connectivity index (χ3n) is 2.68. The zero-order valence-electron chi connectivity index (χ0n) is 11.5. The zero-order valence-corrected chi connectivity index (χ0v) is 11.5. The van der Waals surface area contributed by atoms with Crippen LogP contribution >= 0.6 is 0 Å². The van der Waals surface area contributed by atoms with E-state index < -0.39 is 0 Å². The van der Waals surface area contributed by atoms with E-state index in [0.29, 0.717) is 13.2 Å². The molecule has 18 heavy (non-hydrogen) atoms. The molecule has 4 heteroatoms. The number of benzene rings is 1. The molecule has 0 aliphatic carbocycles. The van der Waals surface area contributed by atoms with E-state index in [4.69, 9.17) is 19.9 Å². The highest BCUT2D eigenvalue weighted by molar-refractivity contribution is 5.50. The summed E-state index contributed by atoms with van der Waals surface area (Å²) in [6.45, 7) is 3.40. The van der Waals surface area contributed by atoms with Gasteiger partial charge in [0.25, 0.3) is 0 Å². The molecule has 0 aromatic heterocycles. The molecule has 0 radical (unpaired) electrons. The molecule has 0 aliphatic heterocycles. The molecule has 0 fully saturated rings. The molecule has 0 amide bonds. The number of hydrogen-bond acceptors (Lipinski definition) is 4. The number of aryl methyl sites for hydroxylation is 1. The van der Waals surface area contributed by atoms with Gasteiger partial charge in [-0.15, -0.1) is 0 Å². The summed E-state index contributed by atoms with van der Waals surface area (Å²) in [5.74, 6) is 2.30. The van der Waals surface area contributed by atoms with Crippen LogP contribution in [-0.4, -0.2) is 27.4 Å². The second-order valence-corrected chi connectivity index (χ2v) is 4.06. The number of ether oxygens (including phenoxy) is 3. The molecule has 0 bridgehead atoms. The van der Waals surface area contributed by atoms with Crippen LogP contribution < -0.4 is 19.9 Å². The average Bonchev–Trinajstić information content (AvgIpc) is 2.42. The van der Waals surface area contributed by atoms with Crippen LogP contribution in [0.25, 0.3) is 0 Å². The number of nitrogens with two attached hydrogens (primary N) is 1. The molecule has 0 spiro atoms. The summed E-state index contributed by atoms with van der Waals surface area (Å²) in [4.78, 5) is 0. The van der Waals surface area contributed by atoms with E-state index in [0.717, 1.165) is 42.1 Å². The average molecular weight is 253 g/mol. The van der Waals surface area contributed by atoms with E-state index in [9.17, 15) is 0 Å². The second kappa shape index (κ2) is 7.82. The Morgan fingerprint density at radius 3 is 2.33 bits per heavy atom. The molecule has 1 rings (SSSR count). The smallest absolute Gasteiger partial charge is 0.164 e. The van der Waals surface area contributed by atoms with Gasteiger partial charge in [-0.3, -0.25) is 0 Å². The standard InChI is InChI=1S/C14H23NO3/c1-4-8-18-14-10-12(16-2)11(6-5-7-15)9-13(14)17-3/h9-10H,4-8,15H2,1-3H3. The van der Waals surface area contributed by atoms with E-state index in [1.165, 1.54) is 0 Å². The molecular formula is C14H23NO3. The van der Waals surface area contributed by atoms with Crippen molar-refractivity contribution in [2.75, 3.05) is 27.4 Å². The first-order chi connectivity index (χ1) is 8.76. The predicted octanol–water partition coefficient (Wildman–Crippen LogP) is 2.38. The molecule has 1 aromatic carbocycles. The minimum absolute atomic E-state index is 0.666. The van der Waals surface area contributed by atoms with Crippen LogP contribution in [-0.2, 0) is 6.42 Å². The minimum Gasteiger partial charge on any atom is -0.496 e. The van der Waals surface area contributed by atoms with Crippen LogP contribution in [0.3, 0.4) is 0 Å². The molecule has 1 aromatic rings. The molecule has 0 saturated carbocycles. The van der Waals surface area contributed by atoms with Gasteiger partial charge in [-0.2, -0.15) is 0 Å². The van der Waals surface area contributed by atoms with Crippen molar-refractivity contribution in [1.29, 1.82) is 0 Å². The molecule has 0 saturated heterocycles. The van der Waals surface area contributed by atoms with Gasteiger partial charge in [-0.05, 0) is 37.4 Å². The Kier molecular flexibility index (Phi) is 6.36. The van der Waals surface area contributed by atoms with Gasteiger partial charge in [-0.25, -0.2) is 0 Å². The third-order valence-corrected chi connectivity index (χ3v) is 2.68. The summed E-state index contributed by atoms with van der Waals surface area (Å²) >= 11 is 0. The lowest BCUT2D eigenvalue weighted by molar-refractivity contribution is 0.291. The van der Waals surface area contributed by atoms with E-state index in [1.807, 2.05) is 12.1 Å². The fraction of sp³-hybridized carbons (Fsp3) is 0.571. The molecule has 0 heterocycles. The maximum Gasteiger partial charge on any atom is 0.164 e. The van der Waals surface area contributed by atoms with Gasteiger partial charge in [0, 0.05) is 6.07 Å². The van der Waals surface area contributed by atoms with E-state index >= 15 is 0 Å². The van der Waals surface area contributed by atoms with E-state index in [-0.39, 0.29) is 0 Å². The summed E-state index contributed by atoms with van der Waals surface area (Å²) in [7, 11) is 3.31. The normalized spacial score (nSPS) is 10.2. The highest BCUT2D eigenvalue weighted by Gasteiger charge is 2.11. The van der Waals surface area contributed by atoms with Crippen LogP contribution in [0, 0.1) is 0 Å². The Labute approximate surface area is 109 Å². The molecule has 2 N–H and O–H groups in total. The van der Waals surface area contributed by atoms with Crippen molar-refractivity contribution in [1.82, 2.24) is 0 Å². The largest absolute Gasteiger partial charge is 0.496 e. The zero-order chi connectivity index (χ0) is 13.4. The SMILES string of the molecule is CCCOc1cc(OC)c(CCCN)cc1OC. The first kappa shape index (κ1) is 14.6. The van der Waals surface area contributed by atoms with Gasteiger partial charge < -0.3 is 19.9 Å². The number of hydrogen-bond donors (Lipinski definition) is 1. The van der Waals surface area contributed by atoms with Crippen LogP contribution in [0.4, 0.5) is 0 Å². The second-order valence-electron chi connectivity index (χ2n) is 4.06. The van der Waals surface area contributed by atoms with E-state index in [2.05, 4.69) is 6.92 Å². The maximum absolute atomic E-state index is 5.65. The van der Waals surface area contributed by atoms with Crippen molar-refractivity contribution in [3.63, 3.8) is 0 Å². The van der Waals surface area contributed by atoms with Crippen molar-refractivity contribution in [3.8, 4) is 17.2 Å². The predicted molar refractivity (Wildman–Crippen MR) is 72.7 cm³/mol. The molecule has 0 aliphatic rings. The van der Waals surface area contributed by atoms with Crippen LogP contribution in [0.2, 0.25) is 0 Å². The fourth-order valence-electron chi connectivity index (χ4n) is 1.75. The van der Waals surface area contributed by atoms with Crippen LogP contribution in [0.15, 0.2) is 12.1 Å². The lowest BCUT2D eigenvalue weighted by Crippen LogP contribution is -2.03. The lowest BCUT2D eigenvalue weighted by atomic mass is 10.1. The summed E-state index contributed by atoms with van der Waals surface area (Å²) in [6.07, 6.45) is 2.76. The Bertz CT molecular complexity index is 331. The van der Waals surface area contributed by atoms with Crippen molar-refractivity contribution < 1.29 is 14.2 Å². The van der Waals surface area contributed by atoms with Gasteiger partial charge in [0.05, 0.1) is 20.8 Å². The van der Waals surface area contributed by atoms with Gasteiger partial charge in [0.2, 0.25) is 0 Å². The Morgan fingerprint density at radius 2 is 1.78 bits per heavy atom. The van der Waals surface area contributed by atoms with Gasteiger partial charge in [0.15, 0.2) is 11.5 Å². The first-order valence-electron chi connectivity index (χ1n) is 6.34.